The normalized spacial score (nSPS) is 18.4. The minimum absolute atomic E-state index is 0.118. The summed E-state index contributed by atoms with van der Waals surface area (Å²) in [5, 5.41) is 6.54. The van der Waals surface area contributed by atoms with E-state index in [1.807, 2.05) is 0 Å². The maximum atomic E-state index is 12.8. The zero-order valence-electron chi connectivity index (χ0n) is 14.9. The number of benzene rings is 1. The molecule has 1 atom stereocenters. The van der Waals surface area contributed by atoms with Crippen molar-refractivity contribution < 1.29 is 9.53 Å². The topological polar surface area (TPSA) is 50.4 Å². The molecule has 0 radical (unpaired) electrons. The second-order valence-corrected chi connectivity index (χ2v) is 7.04. The third-order valence-electron chi connectivity index (χ3n) is 4.66. The average molecular weight is 318 g/mol. The lowest BCUT2D eigenvalue weighted by atomic mass is 9.78. The van der Waals surface area contributed by atoms with Crippen LogP contribution in [-0.4, -0.2) is 38.8 Å². The highest BCUT2D eigenvalue weighted by Crippen LogP contribution is 2.29. The molecule has 1 aromatic carbocycles. The Morgan fingerprint density at radius 3 is 2.43 bits per heavy atom. The minimum atomic E-state index is -0.378. The van der Waals surface area contributed by atoms with E-state index < -0.39 is 0 Å². The molecule has 2 N–H and O–H groups in total. The summed E-state index contributed by atoms with van der Waals surface area (Å²) >= 11 is 0. The maximum absolute atomic E-state index is 12.8. The van der Waals surface area contributed by atoms with Gasteiger partial charge in [-0.25, -0.2) is 0 Å². The van der Waals surface area contributed by atoms with Gasteiger partial charge in [-0.05, 0) is 58.7 Å². The van der Waals surface area contributed by atoms with Crippen LogP contribution in [0.5, 0.6) is 0 Å². The second kappa shape index (κ2) is 7.93. The summed E-state index contributed by atoms with van der Waals surface area (Å²) < 4.78 is 5.35. The van der Waals surface area contributed by atoms with E-state index in [0.29, 0.717) is 6.61 Å². The molecule has 4 nitrogen and oxygen atoms in total. The van der Waals surface area contributed by atoms with Crippen molar-refractivity contribution in [1.82, 2.24) is 10.6 Å². The van der Waals surface area contributed by atoms with Crippen LogP contribution in [0.15, 0.2) is 18.2 Å². The predicted octanol–water partition coefficient (Wildman–Crippen LogP) is 2.37. The number of hydrogen-bond acceptors (Lipinski definition) is 3. The Morgan fingerprint density at radius 2 is 1.87 bits per heavy atom. The molecule has 1 aliphatic heterocycles. The largest absolute Gasteiger partial charge is 0.384 e. The molecule has 4 heteroatoms. The lowest BCUT2D eigenvalue weighted by molar-refractivity contribution is -0.136. The zero-order chi connectivity index (χ0) is 16.9. The van der Waals surface area contributed by atoms with Gasteiger partial charge in [-0.3, -0.25) is 4.79 Å². The van der Waals surface area contributed by atoms with Crippen LogP contribution in [0.25, 0.3) is 0 Å². The zero-order valence-corrected chi connectivity index (χ0v) is 14.9. The molecule has 0 spiro atoms. The predicted molar refractivity (Wildman–Crippen MR) is 93.6 cm³/mol. The first kappa shape index (κ1) is 18.0. The first-order valence-corrected chi connectivity index (χ1v) is 8.53. The van der Waals surface area contributed by atoms with Crippen LogP contribution >= 0.6 is 0 Å². The number of carbonyl (C=O) groups excluding carboxylic acids is 1. The van der Waals surface area contributed by atoms with E-state index in [0.717, 1.165) is 32.4 Å². The van der Waals surface area contributed by atoms with E-state index in [-0.39, 0.29) is 17.4 Å². The molecule has 1 unspecified atom stereocenters. The monoisotopic (exact) mass is 318 g/mol. The summed E-state index contributed by atoms with van der Waals surface area (Å²) in [6.45, 7) is 8.56. The molecule has 0 bridgehead atoms. The van der Waals surface area contributed by atoms with E-state index in [1.54, 1.807) is 7.11 Å². The number of ether oxygens (including phenoxy) is 1. The van der Waals surface area contributed by atoms with Crippen LogP contribution in [0.3, 0.4) is 0 Å². The van der Waals surface area contributed by atoms with Gasteiger partial charge in [-0.2, -0.15) is 0 Å². The Bertz CT molecular complexity index is 510. The molecule has 1 heterocycles. The van der Waals surface area contributed by atoms with Crippen LogP contribution in [0, 0.1) is 19.3 Å². The van der Waals surface area contributed by atoms with Crippen LogP contribution in [0.2, 0.25) is 0 Å². The maximum Gasteiger partial charge on any atom is 0.228 e. The van der Waals surface area contributed by atoms with Crippen molar-refractivity contribution in [3.63, 3.8) is 0 Å². The fourth-order valence-corrected chi connectivity index (χ4v) is 3.59. The van der Waals surface area contributed by atoms with Gasteiger partial charge in [-0.1, -0.05) is 29.3 Å². The van der Waals surface area contributed by atoms with Crippen LogP contribution in [0.1, 0.15) is 36.5 Å². The smallest absolute Gasteiger partial charge is 0.228 e. The summed E-state index contributed by atoms with van der Waals surface area (Å²) in [7, 11) is 1.68. The highest BCUT2D eigenvalue weighted by atomic mass is 16.5. The van der Waals surface area contributed by atoms with Gasteiger partial charge >= 0.3 is 0 Å². The molecule has 128 valence electrons. The highest BCUT2D eigenvalue weighted by molar-refractivity contribution is 5.83. The number of hydrogen-bond donors (Lipinski definition) is 2. The Kier molecular flexibility index (Phi) is 6.19. The van der Waals surface area contributed by atoms with Gasteiger partial charge in [0.25, 0.3) is 0 Å². The number of nitrogens with one attached hydrogen (secondary N) is 2. The number of carbonyl (C=O) groups is 1. The molecule has 0 saturated carbocycles. The van der Waals surface area contributed by atoms with E-state index in [2.05, 4.69) is 49.6 Å². The van der Waals surface area contributed by atoms with E-state index in [4.69, 9.17) is 4.74 Å². The Hall–Kier alpha value is -1.39. The third-order valence-corrected chi connectivity index (χ3v) is 4.66. The van der Waals surface area contributed by atoms with E-state index in [9.17, 15) is 4.79 Å². The molecule has 2 rings (SSSR count). The van der Waals surface area contributed by atoms with Crippen molar-refractivity contribution in [1.29, 1.82) is 0 Å². The Morgan fingerprint density at radius 1 is 1.26 bits per heavy atom. The number of aryl methyl sites for hydroxylation is 2. The SMILES string of the molecule is COCC1(C(=O)NC(C)Cc2cc(C)cc(C)c2)CCNCC1. The summed E-state index contributed by atoms with van der Waals surface area (Å²) in [6, 6.07) is 6.69. The quantitative estimate of drug-likeness (QED) is 0.846. The summed E-state index contributed by atoms with van der Waals surface area (Å²) in [5.74, 6) is 0.137. The van der Waals surface area contributed by atoms with Crippen molar-refractivity contribution in [3.8, 4) is 0 Å². The van der Waals surface area contributed by atoms with Crippen LogP contribution < -0.4 is 10.6 Å². The van der Waals surface area contributed by atoms with Gasteiger partial charge < -0.3 is 15.4 Å². The summed E-state index contributed by atoms with van der Waals surface area (Å²) in [4.78, 5) is 12.8. The first-order valence-electron chi connectivity index (χ1n) is 8.53. The lowest BCUT2D eigenvalue weighted by Crippen LogP contribution is -2.52. The molecule has 1 aromatic rings. The fraction of sp³-hybridized carbons (Fsp3) is 0.632. The molecule has 23 heavy (non-hydrogen) atoms. The summed E-state index contributed by atoms with van der Waals surface area (Å²) in [6.07, 6.45) is 2.53. The highest BCUT2D eigenvalue weighted by Gasteiger charge is 2.39. The third kappa shape index (κ3) is 4.79. The number of amides is 1. The van der Waals surface area contributed by atoms with Crippen molar-refractivity contribution in [2.75, 3.05) is 26.8 Å². The first-order chi connectivity index (χ1) is 10.9. The van der Waals surface area contributed by atoms with Crippen LogP contribution in [0.4, 0.5) is 0 Å². The molecule has 1 fully saturated rings. The van der Waals surface area contributed by atoms with Gasteiger partial charge in [0.05, 0.1) is 12.0 Å². The lowest BCUT2D eigenvalue weighted by Gasteiger charge is -2.36. The minimum Gasteiger partial charge on any atom is -0.384 e. The van der Waals surface area contributed by atoms with Crippen molar-refractivity contribution >= 4 is 5.91 Å². The van der Waals surface area contributed by atoms with Crippen LogP contribution in [-0.2, 0) is 16.0 Å². The van der Waals surface area contributed by atoms with Gasteiger partial charge in [0, 0.05) is 13.2 Å². The number of rotatable bonds is 6. The van der Waals surface area contributed by atoms with Crippen molar-refractivity contribution in [2.45, 2.75) is 46.1 Å². The Balaban J connectivity index is 2.00. The molecule has 0 aliphatic carbocycles. The molecule has 0 aromatic heterocycles. The molecule has 1 amide bonds. The van der Waals surface area contributed by atoms with Gasteiger partial charge in [0.15, 0.2) is 0 Å². The van der Waals surface area contributed by atoms with E-state index >= 15 is 0 Å². The van der Waals surface area contributed by atoms with Gasteiger partial charge in [0.1, 0.15) is 0 Å². The van der Waals surface area contributed by atoms with Gasteiger partial charge in [0.2, 0.25) is 5.91 Å². The number of methoxy groups -OCH3 is 1. The second-order valence-electron chi connectivity index (χ2n) is 7.04. The fourth-order valence-electron chi connectivity index (χ4n) is 3.59. The standard InChI is InChI=1S/C19H30N2O2/c1-14-9-15(2)11-17(10-14)12-16(3)21-18(22)19(13-23-4)5-7-20-8-6-19/h9-11,16,20H,5-8,12-13H2,1-4H3,(H,21,22). The summed E-state index contributed by atoms with van der Waals surface area (Å²) in [5.41, 5.74) is 3.44. The van der Waals surface area contributed by atoms with E-state index in [1.165, 1.54) is 16.7 Å². The van der Waals surface area contributed by atoms with Crippen molar-refractivity contribution in [2.24, 2.45) is 5.41 Å². The van der Waals surface area contributed by atoms with Crippen molar-refractivity contribution in [3.05, 3.63) is 34.9 Å². The van der Waals surface area contributed by atoms with Gasteiger partial charge in [-0.15, -0.1) is 0 Å². The number of piperidine rings is 1. The molecule has 1 saturated heterocycles. The molecule has 1 aliphatic rings. The average Bonchev–Trinajstić information content (AvgIpc) is 2.47. The molecular weight excluding hydrogens is 288 g/mol. The molecular formula is C19H30N2O2. The Labute approximate surface area is 140 Å².